The van der Waals surface area contributed by atoms with Crippen molar-refractivity contribution in [3.63, 3.8) is 0 Å². The number of piperidine rings is 1. The van der Waals surface area contributed by atoms with Gasteiger partial charge in [0.05, 0.1) is 12.0 Å². The molecule has 3 aliphatic heterocycles. The van der Waals surface area contributed by atoms with E-state index in [1.165, 1.54) is 24.0 Å². The van der Waals surface area contributed by atoms with Crippen LogP contribution < -0.4 is 16.0 Å². The van der Waals surface area contributed by atoms with Crippen LogP contribution in [0.15, 0.2) is 60.7 Å². The fraction of sp³-hybridized carbons (Fsp3) is 0.528. The molecule has 234 valence electrons. The van der Waals surface area contributed by atoms with Crippen LogP contribution in [0.1, 0.15) is 61.6 Å². The van der Waals surface area contributed by atoms with Crippen molar-refractivity contribution in [1.82, 2.24) is 15.5 Å². The van der Waals surface area contributed by atoms with Gasteiger partial charge < -0.3 is 20.7 Å². The molecule has 0 aromatic heterocycles. The van der Waals surface area contributed by atoms with Crippen molar-refractivity contribution in [3.8, 4) is 0 Å². The number of carbonyl (C=O) groups excluding carboxylic acids is 3. The molecule has 3 amide bonds. The SMILES string of the molecule is O=C(CN1CC[C@@H]2NC(=O)[C@@H](Cc3ccccc3)NC(=O)C3(C/C=C/C[C@@H]2C1)CCOCC3)Nc1ccc2c(c1)CCCC2. The summed E-state index contributed by atoms with van der Waals surface area (Å²) < 4.78 is 5.62. The zero-order chi connectivity index (χ0) is 30.4. The molecule has 0 bridgehead atoms. The molecule has 3 N–H and O–H groups in total. The molecule has 8 nitrogen and oxygen atoms in total. The summed E-state index contributed by atoms with van der Waals surface area (Å²) in [5, 5.41) is 9.61. The van der Waals surface area contributed by atoms with Crippen molar-refractivity contribution >= 4 is 23.4 Å². The van der Waals surface area contributed by atoms with Crippen LogP contribution in [0.2, 0.25) is 0 Å². The number of rotatable bonds is 5. The third kappa shape index (κ3) is 7.41. The lowest BCUT2D eigenvalue weighted by molar-refractivity contribution is -0.140. The van der Waals surface area contributed by atoms with E-state index in [0.29, 0.717) is 45.4 Å². The fourth-order valence-corrected chi connectivity index (χ4v) is 7.41. The van der Waals surface area contributed by atoms with Gasteiger partial charge in [-0.15, -0.1) is 0 Å². The molecule has 0 radical (unpaired) electrons. The van der Waals surface area contributed by atoms with E-state index in [9.17, 15) is 14.4 Å². The lowest BCUT2D eigenvalue weighted by Crippen LogP contribution is -2.58. The van der Waals surface area contributed by atoms with Gasteiger partial charge in [0.2, 0.25) is 17.7 Å². The summed E-state index contributed by atoms with van der Waals surface area (Å²) in [6, 6.07) is 15.5. The Morgan fingerprint density at radius 1 is 0.977 bits per heavy atom. The Morgan fingerprint density at radius 3 is 2.59 bits per heavy atom. The van der Waals surface area contributed by atoms with Crippen LogP contribution in [-0.2, 0) is 38.4 Å². The van der Waals surface area contributed by atoms with Gasteiger partial charge >= 0.3 is 0 Å². The maximum atomic E-state index is 13.8. The minimum atomic E-state index is -0.658. The second-order valence-electron chi connectivity index (χ2n) is 13.2. The van der Waals surface area contributed by atoms with Crippen LogP contribution in [-0.4, -0.2) is 67.6 Å². The number of nitrogens with one attached hydrogen (secondary N) is 3. The largest absolute Gasteiger partial charge is 0.381 e. The second kappa shape index (κ2) is 14.1. The highest BCUT2D eigenvalue weighted by molar-refractivity contribution is 5.92. The Kier molecular flexibility index (Phi) is 9.77. The van der Waals surface area contributed by atoms with Gasteiger partial charge in [-0.1, -0.05) is 48.6 Å². The van der Waals surface area contributed by atoms with E-state index >= 15 is 0 Å². The molecule has 1 aliphatic carbocycles. The van der Waals surface area contributed by atoms with Gasteiger partial charge in [0.25, 0.3) is 0 Å². The van der Waals surface area contributed by atoms with Crippen LogP contribution >= 0.6 is 0 Å². The molecule has 2 aromatic carbocycles. The highest BCUT2D eigenvalue weighted by Crippen LogP contribution is 2.36. The van der Waals surface area contributed by atoms with E-state index in [1.807, 2.05) is 36.4 Å². The third-order valence-corrected chi connectivity index (χ3v) is 10.1. The highest BCUT2D eigenvalue weighted by Gasteiger charge is 2.41. The number of carbonyl (C=O) groups is 3. The smallest absolute Gasteiger partial charge is 0.243 e. The summed E-state index contributed by atoms with van der Waals surface area (Å²) in [5.41, 5.74) is 4.07. The molecule has 3 heterocycles. The molecule has 3 atom stereocenters. The lowest BCUT2D eigenvalue weighted by atomic mass is 9.75. The molecule has 2 saturated heterocycles. The normalized spacial score (nSPS) is 26.6. The third-order valence-electron chi connectivity index (χ3n) is 10.1. The maximum absolute atomic E-state index is 13.8. The van der Waals surface area contributed by atoms with Gasteiger partial charge in [-0.3, -0.25) is 19.3 Å². The van der Waals surface area contributed by atoms with Crippen LogP contribution in [0.3, 0.4) is 0 Å². The zero-order valence-electron chi connectivity index (χ0n) is 25.7. The predicted octanol–water partition coefficient (Wildman–Crippen LogP) is 4.18. The summed E-state index contributed by atoms with van der Waals surface area (Å²) in [7, 11) is 0. The summed E-state index contributed by atoms with van der Waals surface area (Å²) >= 11 is 0. The molecular formula is C36H46N4O4. The molecular weight excluding hydrogens is 552 g/mol. The number of likely N-dealkylation sites (tertiary alicyclic amines) is 1. The topological polar surface area (TPSA) is 99.8 Å². The first-order valence-corrected chi connectivity index (χ1v) is 16.5. The van der Waals surface area contributed by atoms with E-state index in [4.69, 9.17) is 4.74 Å². The number of benzene rings is 2. The quantitative estimate of drug-likeness (QED) is 0.449. The van der Waals surface area contributed by atoms with E-state index < -0.39 is 11.5 Å². The number of anilines is 1. The summed E-state index contributed by atoms with van der Waals surface area (Å²) in [6.07, 6.45) is 12.9. The lowest BCUT2D eigenvalue weighted by Gasteiger charge is -2.40. The number of aryl methyl sites for hydroxylation is 2. The maximum Gasteiger partial charge on any atom is 0.243 e. The molecule has 44 heavy (non-hydrogen) atoms. The number of nitrogens with zero attached hydrogens (tertiary/aromatic N) is 1. The minimum Gasteiger partial charge on any atom is -0.381 e. The number of fused-ring (bicyclic) bond motifs is 2. The minimum absolute atomic E-state index is 0.000891. The van der Waals surface area contributed by atoms with Gasteiger partial charge in [0.15, 0.2) is 0 Å². The van der Waals surface area contributed by atoms with Crippen LogP contribution in [0.4, 0.5) is 5.69 Å². The Hall–Kier alpha value is -3.49. The average molecular weight is 599 g/mol. The average Bonchev–Trinajstić information content (AvgIpc) is 3.04. The molecule has 2 fully saturated rings. The van der Waals surface area contributed by atoms with Crippen molar-refractivity contribution in [2.75, 3.05) is 38.2 Å². The van der Waals surface area contributed by atoms with Gasteiger partial charge in [-0.2, -0.15) is 0 Å². The van der Waals surface area contributed by atoms with Crippen molar-refractivity contribution in [3.05, 3.63) is 77.4 Å². The standard InChI is InChI=1S/C36H46N4O4/c41-33(37-30-14-13-27-10-4-5-11-28(27)23-30)25-40-19-15-31-29(24-40)12-6-7-16-36(17-20-44-21-18-36)35(43)39-32(34(42)38-31)22-26-8-2-1-3-9-26/h1-3,6-9,13-14,23,29,31-32H,4-5,10-12,15-22,24-25H2,(H,37,41)(H,38,42)(H,39,43)/b7-6+/t29-,31+,32-/m1/s1. The van der Waals surface area contributed by atoms with Gasteiger partial charge in [-0.05, 0) is 92.5 Å². The summed E-state index contributed by atoms with van der Waals surface area (Å²) in [5.74, 6) is -0.0290. The van der Waals surface area contributed by atoms with Gasteiger partial charge in [-0.25, -0.2) is 0 Å². The van der Waals surface area contributed by atoms with Crippen molar-refractivity contribution in [2.24, 2.45) is 11.3 Å². The van der Waals surface area contributed by atoms with Crippen molar-refractivity contribution in [2.45, 2.75) is 76.3 Å². The zero-order valence-corrected chi connectivity index (χ0v) is 25.7. The number of ether oxygens (including phenoxy) is 1. The first-order valence-electron chi connectivity index (χ1n) is 16.5. The van der Waals surface area contributed by atoms with Crippen molar-refractivity contribution < 1.29 is 19.1 Å². The van der Waals surface area contributed by atoms with E-state index in [-0.39, 0.29) is 29.7 Å². The molecule has 2 aromatic rings. The molecule has 0 saturated carbocycles. The second-order valence-corrected chi connectivity index (χ2v) is 13.2. The Labute approximate surface area is 261 Å². The highest BCUT2D eigenvalue weighted by atomic mass is 16.5. The molecule has 8 heteroatoms. The van der Waals surface area contributed by atoms with Crippen LogP contribution in [0.5, 0.6) is 0 Å². The summed E-state index contributed by atoms with van der Waals surface area (Å²) in [4.78, 5) is 42.9. The van der Waals surface area contributed by atoms with Gasteiger partial charge in [0, 0.05) is 44.5 Å². The predicted molar refractivity (Wildman–Crippen MR) is 171 cm³/mol. The van der Waals surface area contributed by atoms with Gasteiger partial charge in [0.1, 0.15) is 6.04 Å². The van der Waals surface area contributed by atoms with Crippen molar-refractivity contribution in [1.29, 1.82) is 0 Å². The Bertz CT molecular complexity index is 1350. The first-order chi connectivity index (χ1) is 21.5. The van der Waals surface area contributed by atoms with E-state index in [2.05, 4.69) is 45.1 Å². The number of allylic oxidation sites excluding steroid dienone is 2. The Balaban J connectivity index is 1.15. The molecule has 4 aliphatic rings. The van der Waals surface area contributed by atoms with E-state index in [0.717, 1.165) is 50.0 Å². The molecule has 1 spiro atoms. The molecule has 0 unspecified atom stereocenters. The van der Waals surface area contributed by atoms with Crippen LogP contribution in [0.25, 0.3) is 0 Å². The molecule has 6 rings (SSSR count). The van der Waals surface area contributed by atoms with E-state index in [1.54, 1.807) is 0 Å². The number of hydrogen-bond donors (Lipinski definition) is 3. The number of hydrogen-bond acceptors (Lipinski definition) is 5. The summed E-state index contributed by atoms with van der Waals surface area (Å²) in [6.45, 7) is 2.87. The Morgan fingerprint density at radius 2 is 1.77 bits per heavy atom. The van der Waals surface area contributed by atoms with Crippen LogP contribution in [0, 0.1) is 11.3 Å². The first kappa shape index (κ1) is 30.5. The fourth-order valence-electron chi connectivity index (χ4n) is 7.41. The monoisotopic (exact) mass is 598 g/mol. The number of amides is 3.